The fraction of sp³-hybridized carbons (Fsp3) is 0.417. The molecule has 0 fully saturated rings. The summed E-state index contributed by atoms with van der Waals surface area (Å²) in [6.07, 6.45) is 0. The van der Waals surface area contributed by atoms with Crippen LogP contribution in [-0.2, 0) is 0 Å². The average Bonchev–Trinajstić information content (AvgIpc) is 2.34. The second kappa shape index (κ2) is 5.65. The van der Waals surface area contributed by atoms with Gasteiger partial charge in [0.05, 0.1) is 5.56 Å². The van der Waals surface area contributed by atoms with E-state index in [-0.39, 0.29) is 5.91 Å². The molecule has 0 aromatic heterocycles. The monoisotopic (exact) mass is 373 g/mol. The maximum atomic E-state index is 12.6. The summed E-state index contributed by atoms with van der Waals surface area (Å²) in [6.45, 7) is 3.46. The largest absolute Gasteiger partial charge is 0.467 e. The van der Waals surface area contributed by atoms with Crippen molar-refractivity contribution in [2.24, 2.45) is 0 Å². The SMILES string of the molecule is CC1(C)Oc2ccccc2C(=O)N1SC(Cl)(Cl)C(Cl)Cl. The van der Waals surface area contributed by atoms with Crippen LogP contribution in [0.4, 0.5) is 0 Å². The van der Waals surface area contributed by atoms with E-state index in [0.717, 1.165) is 11.9 Å². The zero-order chi connectivity index (χ0) is 15.1. The summed E-state index contributed by atoms with van der Waals surface area (Å²) >= 11 is 24.4. The lowest BCUT2D eigenvalue weighted by molar-refractivity contribution is -0.00320. The number of rotatable bonds is 3. The van der Waals surface area contributed by atoms with E-state index < -0.39 is 14.2 Å². The Hall–Kier alpha value is -0.000000000000000111. The van der Waals surface area contributed by atoms with E-state index in [0.29, 0.717) is 11.3 Å². The van der Waals surface area contributed by atoms with Crippen LogP contribution in [0.5, 0.6) is 5.75 Å². The van der Waals surface area contributed by atoms with Crippen molar-refractivity contribution in [3.05, 3.63) is 29.8 Å². The molecule has 3 nitrogen and oxygen atoms in total. The molecule has 1 amide bonds. The molecule has 1 aromatic rings. The minimum absolute atomic E-state index is 0.262. The van der Waals surface area contributed by atoms with Crippen molar-refractivity contribution in [3.63, 3.8) is 0 Å². The highest BCUT2D eigenvalue weighted by Crippen LogP contribution is 2.49. The first-order valence-corrected chi connectivity index (χ1v) is 8.03. The van der Waals surface area contributed by atoms with Crippen LogP contribution in [0.3, 0.4) is 0 Å². The quantitative estimate of drug-likeness (QED) is 0.559. The molecule has 2 rings (SSSR count). The first-order chi connectivity index (χ1) is 9.15. The minimum Gasteiger partial charge on any atom is -0.467 e. The fourth-order valence-electron chi connectivity index (χ4n) is 1.71. The highest BCUT2D eigenvalue weighted by atomic mass is 35.5. The third kappa shape index (κ3) is 3.09. The Morgan fingerprint density at radius 3 is 2.50 bits per heavy atom. The number of carbonyl (C=O) groups is 1. The third-order valence-corrected chi connectivity index (χ3v) is 6.10. The molecular weight excluding hydrogens is 364 g/mol. The number of para-hydroxylation sites is 1. The zero-order valence-electron chi connectivity index (χ0n) is 10.6. The Morgan fingerprint density at radius 2 is 1.90 bits per heavy atom. The van der Waals surface area contributed by atoms with E-state index in [1.807, 2.05) is 0 Å². The summed E-state index contributed by atoms with van der Waals surface area (Å²) in [4.78, 5) is 11.5. The molecule has 0 saturated carbocycles. The molecule has 1 heterocycles. The molecule has 0 radical (unpaired) electrons. The molecule has 20 heavy (non-hydrogen) atoms. The van der Waals surface area contributed by atoms with Gasteiger partial charge in [0.1, 0.15) is 5.75 Å². The van der Waals surface area contributed by atoms with E-state index in [1.54, 1.807) is 38.1 Å². The van der Waals surface area contributed by atoms with E-state index >= 15 is 0 Å². The molecule has 1 aliphatic rings. The Morgan fingerprint density at radius 1 is 1.30 bits per heavy atom. The Bertz CT molecular complexity index is 536. The van der Waals surface area contributed by atoms with Gasteiger partial charge >= 0.3 is 0 Å². The lowest BCUT2D eigenvalue weighted by Crippen LogP contribution is -2.52. The molecule has 0 atom stereocenters. The summed E-state index contributed by atoms with van der Waals surface area (Å²) in [5.41, 5.74) is -0.502. The summed E-state index contributed by atoms with van der Waals surface area (Å²) in [5.74, 6) is 0.254. The van der Waals surface area contributed by atoms with Gasteiger partial charge in [-0.25, -0.2) is 4.31 Å². The van der Waals surface area contributed by atoms with Crippen LogP contribution in [0.25, 0.3) is 0 Å². The molecule has 0 saturated heterocycles. The highest BCUT2D eigenvalue weighted by molar-refractivity contribution is 8.01. The second-order valence-electron chi connectivity index (χ2n) is 4.60. The van der Waals surface area contributed by atoms with Crippen LogP contribution in [0.15, 0.2) is 24.3 Å². The van der Waals surface area contributed by atoms with Gasteiger partial charge in [-0.05, 0) is 37.9 Å². The first-order valence-electron chi connectivity index (χ1n) is 5.63. The van der Waals surface area contributed by atoms with Crippen molar-refractivity contribution >= 4 is 64.3 Å². The van der Waals surface area contributed by atoms with Crippen molar-refractivity contribution in [2.75, 3.05) is 0 Å². The molecule has 0 N–H and O–H groups in total. The van der Waals surface area contributed by atoms with E-state index in [1.165, 1.54) is 4.31 Å². The number of carbonyl (C=O) groups excluding carboxylic acids is 1. The van der Waals surface area contributed by atoms with Crippen LogP contribution in [-0.4, -0.2) is 24.4 Å². The smallest absolute Gasteiger partial charge is 0.270 e. The lowest BCUT2D eigenvalue weighted by atomic mass is 10.1. The van der Waals surface area contributed by atoms with Crippen molar-refractivity contribution in [3.8, 4) is 5.75 Å². The van der Waals surface area contributed by atoms with Crippen molar-refractivity contribution in [1.82, 2.24) is 4.31 Å². The molecule has 0 unspecified atom stereocenters. The minimum atomic E-state index is -1.56. The lowest BCUT2D eigenvalue weighted by Gasteiger charge is -2.43. The molecule has 0 aliphatic carbocycles. The van der Waals surface area contributed by atoms with Crippen molar-refractivity contribution in [2.45, 2.75) is 28.1 Å². The van der Waals surface area contributed by atoms with Crippen LogP contribution in [0, 0.1) is 0 Å². The number of ether oxygens (including phenoxy) is 1. The van der Waals surface area contributed by atoms with Gasteiger partial charge in [-0.2, -0.15) is 0 Å². The number of halogens is 4. The van der Waals surface area contributed by atoms with Crippen LogP contribution >= 0.6 is 58.4 Å². The number of amides is 1. The van der Waals surface area contributed by atoms with Crippen molar-refractivity contribution in [1.29, 1.82) is 0 Å². The second-order valence-corrected chi connectivity index (χ2v) is 8.72. The van der Waals surface area contributed by atoms with E-state index in [9.17, 15) is 4.79 Å². The van der Waals surface area contributed by atoms with Crippen molar-refractivity contribution < 1.29 is 9.53 Å². The Labute approximate surface area is 141 Å². The average molecular weight is 375 g/mol. The number of nitrogens with zero attached hydrogens (tertiary/aromatic N) is 1. The van der Waals surface area contributed by atoms with Crippen LogP contribution in [0.1, 0.15) is 24.2 Å². The number of hydrogen-bond acceptors (Lipinski definition) is 3. The van der Waals surface area contributed by atoms with Crippen LogP contribution in [0.2, 0.25) is 0 Å². The maximum absolute atomic E-state index is 12.6. The summed E-state index contributed by atoms with van der Waals surface area (Å²) < 4.78 is 5.59. The van der Waals surface area contributed by atoms with Gasteiger partial charge in [0.15, 0.2) is 10.6 Å². The van der Waals surface area contributed by atoms with Gasteiger partial charge in [0, 0.05) is 0 Å². The normalized spacial score (nSPS) is 17.9. The van der Waals surface area contributed by atoms with Gasteiger partial charge in [-0.15, -0.1) is 23.2 Å². The summed E-state index contributed by atoms with van der Waals surface area (Å²) in [7, 11) is 0. The van der Waals surface area contributed by atoms with Gasteiger partial charge in [0.25, 0.3) is 5.91 Å². The number of hydrogen-bond donors (Lipinski definition) is 0. The predicted molar refractivity (Wildman–Crippen MR) is 84.8 cm³/mol. The molecule has 1 aromatic carbocycles. The first kappa shape index (κ1) is 16.4. The summed E-state index contributed by atoms with van der Waals surface area (Å²) in [5, 5.41) is 0. The molecule has 0 bridgehead atoms. The molecule has 0 spiro atoms. The molecule has 8 heteroatoms. The third-order valence-electron chi connectivity index (χ3n) is 2.62. The number of benzene rings is 1. The maximum Gasteiger partial charge on any atom is 0.270 e. The number of alkyl halides is 4. The zero-order valence-corrected chi connectivity index (χ0v) is 14.4. The van der Waals surface area contributed by atoms with Gasteiger partial charge < -0.3 is 4.74 Å². The Balaban J connectivity index is 2.37. The van der Waals surface area contributed by atoms with Gasteiger partial charge in [-0.3, -0.25) is 4.79 Å². The molecule has 110 valence electrons. The number of fused-ring (bicyclic) bond motifs is 1. The van der Waals surface area contributed by atoms with E-state index in [4.69, 9.17) is 51.1 Å². The van der Waals surface area contributed by atoms with Gasteiger partial charge in [0.2, 0.25) is 3.67 Å². The fourth-order valence-corrected chi connectivity index (χ4v) is 3.12. The summed E-state index contributed by atoms with van der Waals surface area (Å²) in [6, 6.07) is 6.95. The Kier molecular flexibility index (Phi) is 4.63. The van der Waals surface area contributed by atoms with Gasteiger partial charge in [-0.1, -0.05) is 35.3 Å². The molecule has 1 aliphatic heterocycles. The predicted octanol–water partition coefficient (Wildman–Crippen LogP) is 4.84. The topological polar surface area (TPSA) is 29.5 Å². The van der Waals surface area contributed by atoms with E-state index in [2.05, 4.69) is 0 Å². The van der Waals surface area contributed by atoms with Crippen LogP contribution < -0.4 is 4.74 Å². The molecular formula is C12H11Cl4NO2S. The standard InChI is InChI=1S/C12H11Cl4NO2S/c1-11(2)17(20-12(15,16)10(13)14)9(18)7-5-3-4-6-8(7)19-11/h3-6,10H,1-2H3. The highest BCUT2D eigenvalue weighted by Gasteiger charge is 2.46.